The molecular formula is C13H18ClNO. The minimum atomic E-state index is 0.169. The zero-order valence-corrected chi connectivity index (χ0v) is 10.4. The number of halogens is 1. The first-order valence-electron chi connectivity index (χ1n) is 5.72. The van der Waals surface area contributed by atoms with Crippen LogP contribution < -0.4 is 10.1 Å². The topological polar surface area (TPSA) is 21.3 Å². The lowest BCUT2D eigenvalue weighted by Crippen LogP contribution is -2.52. The summed E-state index contributed by atoms with van der Waals surface area (Å²) in [6.07, 6.45) is 3.66. The van der Waals surface area contributed by atoms with E-state index in [1.807, 2.05) is 18.2 Å². The molecule has 1 aliphatic rings. The van der Waals surface area contributed by atoms with Crippen LogP contribution in [0.2, 0.25) is 0 Å². The number of alkyl halides is 1. The van der Waals surface area contributed by atoms with Crippen LogP contribution in [0.5, 0.6) is 5.75 Å². The highest BCUT2D eigenvalue weighted by molar-refractivity contribution is 6.18. The third-order valence-electron chi connectivity index (χ3n) is 3.41. The van der Waals surface area contributed by atoms with Gasteiger partial charge >= 0.3 is 0 Å². The molecule has 1 fully saturated rings. The summed E-state index contributed by atoms with van der Waals surface area (Å²) in [4.78, 5) is 0. The van der Waals surface area contributed by atoms with Gasteiger partial charge in [-0.25, -0.2) is 0 Å². The van der Waals surface area contributed by atoms with Gasteiger partial charge in [-0.3, -0.25) is 0 Å². The smallest absolute Gasteiger partial charge is 0.123 e. The predicted octanol–water partition coefficient (Wildman–Crippen LogP) is 2.95. The summed E-state index contributed by atoms with van der Waals surface area (Å²) in [5, 5.41) is 3.56. The zero-order valence-electron chi connectivity index (χ0n) is 9.63. The molecule has 0 unspecified atom stereocenters. The second-order valence-corrected chi connectivity index (χ2v) is 4.70. The van der Waals surface area contributed by atoms with Crippen LogP contribution >= 0.6 is 11.6 Å². The Morgan fingerprint density at radius 2 is 2.12 bits per heavy atom. The molecule has 2 rings (SSSR count). The van der Waals surface area contributed by atoms with E-state index in [0.717, 1.165) is 12.3 Å². The number of rotatable bonds is 5. The fourth-order valence-corrected chi connectivity index (χ4v) is 2.45. The molecule has 88 valence electrons. The quantitative estimate of drug-likeness (QED) is 0.798. The largest absolute Gasteiger partial charge is 0.496 e. The third-order valence-corrected chi connectivity index (χ3v) is 3.92. The molecule has 0 aromatic heterocycles. The van der Waals surface area contributed by atoms with Crippen molar-refractivity contribution >= 4 is 11.6 Å². The fraction of sp³-hybridized carbons (Fsp3) is 0.538. The summed E-state index contributed by atoms with van der Waals surface area (Å²) in [7, 11) is 1.71. The van der Waals surface area contributed by atoms with Gasteiger partial charge in [0.1, 0.15) is 5.75 Å². The molecule has 3 heteroatoms. The Labute approximate surface area is 102 Å². The molecule has 0 spiro atoms. The lowest BCUT2D eigenvalue weighted by Gasteiger charge is -2.41. The first-order chi connectivity index (χ1) is 7.79. The van der Waals surface area contributed by atoms with Crippen molar-refractivity contribution in [1.82, 2.24) is 5.32 Å². The summed E-state index contributed by atoms with van der Waals surface area (Å²) >= 11 is 6.01. The number of ether oxygens (including phenoxy) is 1. The number of para-hydroxylation sites is 1. The predicted molar refractivity (Wildman–Crippen MR) is 67.1 cm³/mol. The van der Waals surface area contributed by atoms with E-state index < -0.39 is 0 Å². The van der Waals surface area contributed by atoms with E-state index in [9.17, 15) is 0 Å². The number of hydrogen-bond donors (Lipinski definition) is 1. The van der Waals surface area contributed by atoms with E-state index in [2.05, 4.69) is 11.4 Å². The van der Waals surface area contributed by atoms with E-state index >= 15 is 0 Å². The van der Waals surface area contributed by atoms with Gasteiger partial charge < -0.3 is 10.1 Å². The molecule has 16 heavy (non-hydrogen) atoms. The zero-order chi connectivity index (χ0) is 11.4. The van der Waals surface area contributed by atoms with Crippen LogP contribution in [0.3, 0.4) is 0 Å². The second kappa shape index (κ2) is 5.07. The Morgan fingerprint density at radius 1 is 1.38 bits per heavy atom. The lowest BCUT2D eigenvalue weighted by molar-refractivity contribution is 0.210. The SMILES string of the molecule is COc1ccccc1CNC1(CCl)CCC1. The van der Waals surface area contributed by atoms with E-state index in [-0.39, 0.29) is 5.54 Å². The van der Waals surface area contributed by atoms with Crippen LogP contribution in [-0.2, 0) is 6.54 Å². The van der Waals surface area contributed by atoms with Crippen molar-refractivity contribution in [3.8, 4) is 5.75 Å². The molecule has 1 saturated carbocycles. The molecule has 2 nitrogen and oxygen atoms in total. The molecule has 0 heterocycles. The molecule has 0 bridgehead atoms. The lowest BCUT2D eigenvalue weighted by atomic mass is 9.78. The Hall–Kier alpha value is -0.730. The van der Waals surface area contributed by atoms with E-state index in [4.69, 9.17) is 16.3 Å². The molecule has 1 N–H and O–H groups in total. The van der Waals surface area contributed by atoms with Crippen molar-refractivity contribution in [1.29, 1.82) is 0 Å². The molecule has 0 amide bonds. The molecular weight excluding hydrogens is 222 g/mol. The standard InChI is InChI=1S/C13H18ClNO/c1-16-12-6-3-2-5-11(12)9-15-13(10-14)7-4-8-13/h2-3,5-6,15H,4,7-10H2,1H3. The van der Waals surface area contributed by atoms with Crippen molar-refractivity contribution < 1.29 is 4.74 Å². The number of methoxy groups -OCH3 is 1. The van der Waals surface area contributed by atoms with Crippen LogP contribution in [0.15, 0.2) is 24.3 Å². The highest BCUT2D eigenvalue weighted by Crippen LogP contribution is 2.33. The third kappa shape index (κ3) is 2.33. The summed E-state index contributed by atoms with van der Waals surface area (Å²) in [5.74, 6) is 1.64. The van der Waals surface area contributed by atoms with Crippen molar-refractivity contribution in [3.05, 3.63) is 29.8 Å². The number of nitrogens with one attached hydrogen (secondary N) is 1. The Morgan fingerprint density at radius 3 is 2.69 bits per heavy atom. The van der Waals surface area contributed by atoms with Gasteiger partial charge in [0.15, 0.2) is 0 Å². The summed E-state index contributed by atoms with van der Waals surface area (Å²) in [5.41, 5.74) is 1.36. The van der Waals surface area contributed by atoms with Crippen molar-refractivity contribution in [3.63, 3.8) is 0 Å². The van der Waals surface area contributed by atoms with Gasteiger partial charge in [-0.05, 0) is 25.3 Å². The van der Waals surface area contributed by atoms with Crippen LogP contribution in [0, 0.1) is 0 Å². The average molecular weight is 240 g/mol. The van der Waals surface area contributed by atoms with Crippen LogP contribution in [0.1, 0.15) is 24.8 Å². The minimum Gasteiger partial charge on any atom is -0.496 e. The molecule has 0 saturated heterocycles. The van der Waals surface area contributed by atoms with E-state index in [0.29, 0.717) is 5.88 Å². The van der Waals surface area contributed by atoms with Crippen LogP contribution in [-0.4, -0.2) is 18.5 Å². The van der Waals surface area contributed by atoms with Gasteiger partial charge in [-0.1, -0.05) is 18.2 Å². The minimum absolute atomic E-state index is 0.169. The summed E-state index contributed by atoms with van der Waals surface area (Å²) < 4.78 is 5.32. The number of hydrogen-bond acceptors (Lipinski definition) is 2. The van der Waals surface area contributed by atoms with Crippen LogP contribution in [0.25, 0.3) is 0 Å². The van der Waals surface area contributed by atoms with Gasteiger partial charge in [-0.15, -0.1) is 11.6 Å². The van der Waals surface area contributed by atoms with Crippen molar-refractivity contribution in [2.75, 3.05) is 13.0 Å². The van der Waals surface area contributed by atoms with Gasteiger partial charge in [0.2, 0.25) is 0 Å². The highest BCUT2D eigenvalue weighted by Gasteiger charge is 2.35. The molecule has 0 atom stereocenters. The average Bonchev–Trinajstić information content (AvgIpc) is 2.29. The fourth-order valence-electron chi connectivity index (χ4n) is 2.09. The van der Waals surface area contributed by atoms with Crippen molar-refractivity contribution in [2.24, 2.45) is 0 Å². The molecule has 0 radical (unpaired) electrons. The van der Waals surface area contributed by atoms with E-state index in [1.54, 1.807) is 7.11 Å². The van der Waals surface area contributed by atoms with Crippen molar-refractivity contribution in [2.45, 2.75) is 31.3 Å². The maximum atomic E-state index is 6.01. The Balaban J connectivity index is 1.98. The summed E-state index contributed by atoms with van der Waals surface area (Å²) in [6, 6.07) is 8.11. The normalized spacial score (nSPS) is 17.9. The van der Waals surface area contributed by atoms with Gasteiger partial charge in [0, 0.05) is 23.5 Å². The number of benzene rings is 1. The molecule has 1 aromatic rings. The van der Waals surface area contributed by atoms with Gasteiger partial charge in [-0.2, -0.15) is 0 Å². The highest BCUT2D eigenvalue weighted by atomic mass is 35.5. The first kappa shape index (κ1) is 11.7. The van der Waals surface area contributed by atoms with Gasteiger partial charge in [0.05, 0.1) is 7.11 Å². The summed E-state index contributed by atoms with van der Waals surface area (Å²) in [6.45, 7) is 0.830. The Bertz CT molecular complexity index is 344. The van der Waals surface area contributed by atoms with E-state index in [1.165, 1.54) is 24.8 Å². The van der Waals surface area contributed by atoms with Gasteiger partial charge in [0.25, 0.3) is 0 Å². The van der Waals surface area contributed by atoms with Crippen LogP contribution in [0.4, 0.5) is 0 Å². The first-order valence-corrected chi connectivity index (χ1v) is 6.26. The Kier molecular flexibility index (Phi) is 3.72. The molecule has 1 aliphatic carbocycles. The maximum absolute atomic E-state index is 6.01. The molecule has 0 aliphatic heterocycles. The molecule has 1 aromatic carbocycles. The second-order valence-electron chi connectivity index (χ2n) is 4.43. The monoisotopic (exact) mass is 239 g/mol. The maximum Gasteiger partial charge on any atom is 0.123 e.